The first kappa shape index (κ1) is 12.8. The van der Waals surface area contributed by atoms with Crippen LogP contribution in [-0.4, -0.2) is 42.4 Å². The van der Waals surface area contributed by atoms with Crippen molar-refractivity contribution in [3.63, 3.8) is 0 Å². The number of nitrogens with one attached hydrogen (secondary N) is 1. The van der Waals surface area contributed by atoms with E-state index in [1.54, 1.807) is 7.05 Å². The summed E-state index contributed by atoms with van der Waals surface area (Å²) in [7, 11) is 3.04. The van der Waals surface area contributed by atoms with Crippen molar-refractivity contribution in [1.29, 1.82) is 0 Å². The molecule has 16 heavy (non-hydrogen) atoms. The van der Waals surface area contributed by atoms with E-state index in [0.717, 1.165) is 0 Å². The van der Waals surface area contributed by atoms with Gasteiger partial charge in [-0.3, -0.25) is 9.63 Å². The minimum atomic E-state index is -0.996. The summed E-state index contributed by atoms with van der Waals surface area (Å²) >= 11 is 0. The van der Waals surface area contributed by atoms with E-state index in [1.165, 1.54) is 12.2 Å². The zero-order valence-electron chi connectivity index (χ0n) is 9.60. The highest BCUT2D eigenvalue weighted by Gasteiger charge is 2.28. The second-order valence-electron chi connectivity index (χ2n) is 4.02. The Kier molecular flexibility index (Phi) is 4.54. The Labute approximate surface area is 94.5 Å². The summed E-state index contributed by atoms with van der Waals surface area (Å²) in [4.78, 5) is 27.0. The van der Waals surface area contributed by atoms with Gasteiger partial charge in [-0.2, -0.15) is 0 Å². The first-order valence-corrected chi connectivity index (χ1v) is 5.35. The van der Waals surface area contributed by atoms with Crippen LogP contribution in [0.1, 0.15) is 25.7 Å². The van der Waals surface area contributed by atoms with Crippen molar-refractivity contribution in [2.75, 3.05) is 14.2 Å². The third-order valence-electron chi connectivity index (χ3n) is 2.99. The molecule has 0 heterocycles. The van der Waals surface area contributed by atoms with Gasteiger partial charge in [0.25, 0.3) is 0 Å². The number of nitrogens with zero attached hydrogens (tertiary/aromatic N) is 1. The van der Waals surface area contributed by atoms with Gasteiger partial charge in [0.2, 0.25) is 5.91 Å². The van der Waals surface area contributed by atoms with E-state index in [2.05, 4.69) is 5.32 Å². The molecule has 6 heteroatoms. The van der Waals surface area contributed by atoms with Crippen LogP contribution in [0.15, 0.2) is 0 Å². The molecule has 0 aromatic carbocycles. The molecule has 0 unspecified atom stereocenters. The molecule has 0 aliphatic heterocycles. The Bertz CT molecular complexity index is 262. The van der Waals surface area contributed by atoms with E-state index in [4.69, 9.17) is 9.94 Å². The van der Waals surface area contributed by atoms with Crippen LogP contribution < -0.4 is 5.32 Å². The monoisotopic (exact) mass is 230 g/mol. The van der Waals surface area contributed by atoms with Crippen LogP contribution in [0.5, 0.6) is 0 Å². The molecule has 0 radical (unpaired) electrons. The number of hydroxylamine groups is 2. The van der Waals surface area contributed by atoms with Crippen molar-refractivity contribution in [2.24, 2.45) is 5.92 Å². The smallest absolute Gasteiger partial charge is 0.404 e. The largest absolute Gasteiger partial charge is 0.465 e. The van der Waals surface area contributed by atoms with E-state index >= 15 is 0 Å². The average molecular weight is 230 g/mol. The maximum atomic E-state index is 11.7. The van der Waals surface area contributed by atoms with Gasteiger partial charge in [-0.15, -0.1) is 0 Å². The van der Waals surface area contributed by atoms with Crippen molar-refractivity contribution < 1.29 is 19.5 Å². The first-order chi connectivity index (χ1) is 7.54. The molecule has 6 nitrogen and oxygen atoms in total. The van der Waals surface area contributed by atoms with Crippen LogP contribution in [0.2, 0.25) is 0 Å². The third kappa shape index (κ3) is 3.37. The van der Waals surface area contributed by atoms with Crippen molar-refractivity contribution in [1.82, 2.24) is 10.4 Å². The van der Waals surface area contributed by atoms with Crippen molar-refractivity contribution in [3.8, 4) is 0 Å². The lowest BCUT2D eigenvalue weighted by molar-refractivity contribution is -0.174. The fraction of sp³-hybridized carbons (Fsp3) is 0.800. The van der Waals surface area contributed by atoms with E-state index < -0.39 is 6.09 Å². The predicted octanol–water partition coefficient (Wildman–Crippen LogP) is 0.833. The van der Waals surface area contributed by atoms with Gasteiger partial charge in [-0.1, -0.05) is 0 Å². The fourth-order valence-corrected chi connectivity index (χ4v) is 2.01. The van der Waals surface area contributed by atoms with E-state index in [9.17, 15) is 9.59 Å². The Hall–Kier alpha value is -1.30. The molecule has 2 amide bonds. The van der Waals surface area contributed by atoms with Crippen LogP contribution in [0, 0.1) is 5.92 Å². The number of carboxylic acid groups (broad SMARTS) is 1. The van der Waals surface area contributed by atoms with Gasteiger partial charge in [-0.25, -0.2) is 9.86 Å². The van der Waals surface area contributed by atoms with Gasteiger partial charge in [0.05, 0.1) is 7.11 Å². The predicted molar refractivity (Wildman–Crippen MR) is 56.7 cm³/mol. The zero-order valence-corrected chi connectivity index (χ0v) is 9.60. The van der Waals surface area contributed by atoms with E-state index in [1.807, 2.05) is 0 Å². The second kappa shape index (κ2) is 5.69. The molecule has 0 spiro atoms. The molecule has 1 saturated carbocycles. The Morgan fingerprint density at radius 1 is 1.31 bits per heavy atom. The maximum absolute atomic E-state index is 11.7. The highest BCUT2D eigenvalue weighted by Crippen LogP contribution is 2.25. The minimum Gasteiger partial charge on any atom is -0.465 e. The number of amides is 2. The number of carbonyl (C=O) groups is 2. The molecule has 1 rings (SSSR count). The van der Waals surface area contributed by atoms with Crippen LogP contribution in [-0.2, 0) is 9.63 Å². The fourth-order valence-electron chi connectivity index (χ4n) is 2.01. The summed E-state index contributed by atoms with van der Waals surface area (Å²) in [6.07, 6.45) is 1.83. The standard InChI is InChI=1S/C10H18N2O4/c1-12(16-2)9(13)7-3-5-8(6-4-7)11-10(14)15/h7-8,11H,3-6H2,1-2H3,(H,14,15). The quantitative estimate of drug-likeness (QED) is 0.704. The first-order valence-electron chi connectivity index (χ1n) is 5.35. The van der Waals surface area contributed by atoms with E-state index in [-0.39, 0.29) is 17.9 Å². The summed E-state index contributed by atoms with van der Waals surface area (Å²) in [6, 6.07) is -0.0191. The molecular weight excluding hydrogens is 212 g/mol. The molecule has 0 aromatic rings. The molecule has 0 saturated heterocycles. The Morgan fingerprint density at radius 2 is 1.88 bits per heavy atom. The summed E-state index contributed by atoms with van der Waals surface area (Å²) in [5.74, 6) is -0.0759. The van der Waals surface area contributed by atoms with Crippen molar-refractivity contribution in [3.05, 3.63) is 0 Å². The van der Waals surface area contributed by atoms with Crippen molar-refractivity contribution in [2.45, 2.75) is 31.7 Å². The van der Waals surface area contributed by atoms with Crippen LogP contribution in [0.3, 0.4) is 0 Å². The van der Waals surface area contributed by atoms with Crippen LogP contribution in [0.25, 0.3) is 0 Å². The molecular formula is C10H18N2O4. The lowest BCUT2D eigenvalue weighted by Crippen LogP contribution is -2.40. The normalized spacial score (nSPS) is 24.9. The van der Waals surface area contributed by atoms with Gasteiger partial charge in [0.15, 0.2) is 0 Å². The van der Waals surface area contributed by atoms with Crippen LogP contribution >= 0.6 is 0 Å². The lowest BCUT2D eigenvalue weighted by Gasteiger charge is -2.29. The number of rotatable bonds is 3. The van der Waals surface area contributed by atoms with Crippen LogP contribution in [0.4, 0.5) is 4.79 Å². The average Bonchev–Trinajstić information content (AvgIpc) is 2.27. The zero-order chi connectivity index (χ0) is 12.1. The minimum absolute atomic E-state index is 0.0191. The van der Waals surface area contributed by atoms with Crippen molar-refractivity contribution >= 4 is 12.0 Å². The molecule has 92 valence electrons. The van der Waals surface area contributed by atoms with Gasteiger partial charge < -0.3 is 10.4 Å². The van der Waals surface area contributed by atoms with Gasteiger partial charge in [-0.05, 0) is 25.7 Å². The Balaban J connectivity index is 2.37. The molecule has 1 aliphatic rings. The summed E-state index contributed by atoms with van der Waals surface area (Å²) in [5.41, 5.74) is 0. The molecule has 0 bridgehead atoms. The maximum Gasteiger partial charge on any atom is 0.404 e. The molecule has 0 atom stereocenters. The highest BCUT2D eigenvalue weighted by molar-refractivity contribution is 5.77. The summed E-state index contributed by atoms with van der Waals surface area (Å²) in [5, 5.41) is 12.2. The molecule has 0 aromatic heterocycles. The third-order valence-corrected chi connectivity index (χ3v) is 2.99. The van der Waals surface area contributed by atoms with Gasteiger partial charge in [0, 0.05) is 19.0 Å². The number of carbonyl (C=O) groups excluding carboxylic acids is 1. The Morgan fingerprint density at radius 3 is 2.31 bits per heavy atom. The molecule has 2 N–H and O–H groups in total. The summed E-state index contributed by atoms with van der Waals surface area (Å²) in [6.45, 7) is 0. The molecule has 1 fully saturated rings. The van der Waals surface area contributed by atoms with Gasteiger partial charge in [0.1, 0.15) is 0 Å². The highest BCUT2D eigenvalue weighted by atomic mass is 16.7. The molecule has 1 aliphatic carbocycles. The lowest BCUT2D eigenvalue weighted by atomic mass is 9.85. The van der Waals surface area contributed by atoms with E-state index in [0.29, 0.717) is 25.7 Å². The number of hydrogen-bond donors (Lipinski definition) is 2. The summed E-state index contributed by atoms with van der Waals surface area (Å²) < 4.78 is 0. The van der Waals surface area contributed by atoms with Gasteiger partial charge >= 0.3 is 6.09 Å². The number of hydrogen-bond acceptors (Lipinski definition) is 3. The SMILES string of the molecule is CON(C)C(=O)C1CCC(NC(=O)O)CC1. The second-order valence-corrected chi connectivity index (χ2v) is 4.02. The topological polar surface area (TPSA) is 78.9 Å².